The number of aliphatic carboxylic acids is 1. The average molecular weight is 280 g/mol. The molecule has 0 saturated heterocycles. The molecular formula is C14H20N2O4. The normalized spacial score (nSPS) is 11.8. The number of methoxy groups -OCH3 is 1. The molecule has 6 heteroatoms. The van der Waals surface area contributed by atoms with Crippen LogP contribution >= 0.6 is 0 Å². The number of nitrogens with one attached hydrogen (secondary N) is 2. The van der Waals surface area contributed by atoms with E-state index in [0.29, 0.717) is 0 Å². The molecule has 1 unspecified atom stereocenters. The number of carboxylic acid groups (broad SMARTS) is 1. The zero-order chi connectivity index (χ0) is 15.1. The van der Waals surface area contributed by atoms with Gasteiger partial charge in [-0.25, -0.2) is 4.79 Å². The maximum atomic E-state index is 11.8. The highest BCUT2D eigenvalue weighted by molar-refractivity contribution is 5.90. The van der Waals surface area contributed by atoms with Gasteiger partial charge in [-0.3, -0.25) is 4.79 Å². The molecule has 1 atom stereocenters. The fourth-order valence-corrected chi connectivity index (χ4v) is 1.68. The Kier molecular flexibility index (Phi) is 5.99. The first-order valence-electron chi connectivity index (χ1n) is 6.29. The van der Waals surface area contributed by atoms with Crippen molar-refractivity contribution in [2.45, 2.75) is 26.4 Å². The van der Waals surface area contributed by atoms with Crippen LogP contribution in [0, 0.1) is 13.8 Å². The Morgan fingerprint density at radius 1 is 1.35 bits per heavy atom. The zero-order valence-electron chi connectivity index (χ0n) is 11.9. The SMILES string of the molecule is COC(CNC(=O)Nc1cc(C)ccc1C)CC(=O)O. The number of hydrogen-bond donors (Lipinski definition) is 3. The average Bonchev–Trinajstić information content (AvgIpc) is 2.38. The first kappa shape index (κ1) is 16.0. The number of carbonyl (C=O) groups is 2. The maximum Gasteiger partial charge on any atom is 0.319 e. The van der Waals surface area contributed by atoms with Gasteiger partial charge in [0.05, 0.1) is 12.5 Å². The van der Waals surface area contributed by atoms with Crippen molar-refractivity contribution in [3.05, 3.63) is 29.3 Å². The molecule has 110 valence electrons. The van der Waals surface area contributed by atoms with E-state index < -0.39 is 12.1 Å². The standard InChI is InChI=1S/C14H20N2O4/c1-9-4-5-10(2)12(6-9)16-14(19)15-8-11(20-3)7-13(17)18/h4-6,11H,7-8H2,1-3H3,(H,17,18)(H2,15,16,19). The summed E-state index contributed by atoms with van der Waals surface area (Å²) in [5, 5.41) is 14.0. The van der Waals surface area contributed by atoms with Crippen LogP contribution in [0.2, 0.25) is 0 Å². The number of rotatable bonds is 6. The van der Waals surface area contributed by atoms with E-state index >= 15 is 0 Å². The lowest BCUT2D eigenvalue weighted by atomic mass is 10.1. The molecule has 0 aliphatic rings. The minimum Gasteiger partial charge on any atom is -0.481 e. The minimum absolute atomic E-state index is 0.138. The van der Waals surface area contributed by atoms with Crippen LogP contribution in [0.4, 0.5) is 10.5 Å². The van der Waals surface area contributed by atoms with Crippen molar-refractivity contribution in [1.82, 2.24) is 5.32 Å². The second kappa shape index (κ2) is 7.49. The molecule has 0 aliphatic heterocycles. The van der Waals surface area contributed by atoms with E-state index in [2.05, 4.69) is 10.6 Å². The number of carboxylic acids is 1. The molecule has 0 fully saturated rings. The quantitative estimate of drug-likeness (QED) is 0.743. The summed E-state index contributed by atoms with van der Waals surface area (Å²) in [5.41, 5.74) is 2.74. The van der Waals surface area contributed by atoms with Crippen LogP contribution in [0.3, 0.4) is 0 Å². The largest absolute Gasteiger partial charge is 0.481 e. The van der Waals surface area contributed by atoms with Crippen LogP contribution in [0.5, 0.6) is 0 Å². The lowest BCUT2D eigenvalue weighted by molar-refractivity contribution is -0.139. The Labute approximate surface area is 118 Å². The molecule has 6 nitrogen and oxygen atoms in total. The van der Waals surface area contributed by atoms with Crippen LogP contribution < -0.4 is 10.6 Å². The van der Waals surface area contributed by atoms with E-state index in [1.54, 1.807) is 0 Å². The number of benzene rings is 1. The summed E-state index contributed by atoms with van der Waals surface area (Å²) in [7, 11) is 1.41. The van der Waals surface area contributed by atoms with Crippen LogP contribution in [0.1, 0.15) is 17.5 Å². The van der Waals surface area contributed by atoms with Crippen LogP contribution in [0.15, 0.2) is 18.2 Å². The lowest BCUT2D eigenvalue weighted by Crippen LogP contribution is -2.37. The number of ether oxygens (including phenoxy) is 1. The first-order chi connectivity index (χ1) is 9.42. The lowest BCUT2D eigenvalue weighted by Gasteiger charge is -2.15. The summed E-state index contributed by atoms with van der Waals surface area (Å²) >= 11 is 0. The third-order valence-electron chi connectivity index (χ3n) is 2.87. The van der Waals surface area contributed by atoms with Gasteiger partial charge in [-0.15, -0.1) is 0 Å². The molecule has 3 N–H and O–H groups in total. The van der Waals surface area contributed by atoms with Crippen molar-refractivity contribution in [1.29, 1.82) is 0 Å². The fourth-order valence-electron chi connectivity index (χ4n) is 1.68. The molecular weight excluding hydrogens is 260 g/mol. The number of aryl methyl sites for hydroxylation is 2. The molecule has 0 heterocycles. The van der Waals surface area contributed by atoms with Crippen molar-refractivity contribution in [2.24, 2.45) is 0 Å². The van der Waals surface area contributed by atoms with Gasteiger partial charge in [-0.1, -0.05) is 12.1 Å². The predicted molar refractivity (Wildman–Crippen MR) is 76.0 cm³/mol. The van der Waals surface area contributed by atoms with Gasteiger partial charge in [0, 0.05) is 19.3 Å². The maximum absolute atomic E-state index is 11.8. The van der Waals surface area contributed by atoms with Gasteiger partial charge in [-0.2, -0.15) is 0 Å². The molecule has 0 bridgehead atoms. The Morgan fingerprint density at radius 2 is 2.05 bits per heavy atom. The van der Waals surface area contributed by atoms with Crippen molar-refractivity contribution in [3.8, 4) is 0 Å². The number of amides is 2. The molecule has 0 saturated carbocycles. The Bertz CT molecular complexity index is 488. The summed E-state index contributed by atoms with van der Waals surface area (Å²) in [4.78, 5) is 22.3. The molecule has 0 spiro atoms. The van der Waals surface area contributed by atoms with Crippen molar-refractivity contribution in [2.75, 3.05) is 19.0 Å². The summed E-state index contributed by atoms with van der Waals surface area (Å²) in [5.74, 6) is -0.964. The molecule has 0 aliphatic carbocycles. The molecule has 2 amide bonds. The first-order valence-corrected chi connectivity index (χ1v) is 6.29. The van der Waals surface area contributed by atoms with Gasteiger partial charge in [0.25, 0.3) is 0 Å². The zero-order valence-corrected chi connectivity index (χ0v) is 11.9. The third-order valence-corrected chi connectivity index (χ3v) is 2.87. The molecule has 1 rings (SSSR count). The second-order valence-corrected chi connectivity index (χ2v) is 4.61. The Hall–Kier alpha value is -2.08. The molecule has 1 aromatic carbocycles. The van der Waals surface area contributed by atoms with Crippen LogP contribution in [-0.4, -0.2) is 36.9 Å². The Morgan fingerprint density at radius 3 is 2.65 bits per heavy atom. The van der Waals surface area contributed by atoms with Gasteiger partial charge in [-0.05, 0) is 31.0 Å². The van der Waals surface area contributed by atoms with Crippen molar-refractivity contribution in [3.63, 3.8) is 0 Å². The molecule has 0 aromatic heterocycles. The van der Waals surface area contributed by atoms with E-state index in [-0.39, 0.29) is 19.0 Å². The van der Waals surface area contributed by atoms with Crippen LogP contribution in [-0.2, 0) is 9.53 Å². The summed E-state index contributed by atoms with van der Waals surface area (Å²) in [6.07, 6.45) is -0.697. The van der Waals surface area contributed by atoms with E-state index in [0.717, 1.165) is 16.8 Å². The van der Waals surface area contributed by atoms with Crippen molar-refractivity contribution >= 4 is 17.7 Å². The monoisotopic (exact) mass is 280 g/mol. The van der Waals surface area contributed by atoms with Gasteiger partial charge in [0.1, 0.15) is 0 Å². The number of urea groups is 1. The summed E-state index contributed by atoms with van der Waals surface area (Å²) in [6.45, 7) is 3.98. The van der Waals surface area contributed by atoms with Gasteiger partial charge < -0.3 is 20.5 Å². The number of anilines is 1. The molecule has 20 heavy (non-hydrogen) atoms. The van der Waals surface area contributed by atoms with E-state index in [4.69, 9.17) is 9.84 Å². The second-order valence-electron chi connectivity index (χ2n) is 4.61. The van der Waals surface area contributed by atoms with Gasteiger partial charge >= 0.3 is 12.0 Å². The van der Waals surface area contributed by atoms with E-state index in [9.17, 15) is 9.59 Å². The van der Waals surface area contributed by atoms with Crippen LogP contribution in [0.25, 0.3) is 0 Å². The predicted octanol–water partition coefficient (Wildman–Crippen LogP) is 1.91. The number of carbonyl (C=O) groups excluding carboxylic acids is 1. The van der Waals surface area contributed by atoms with Gasteiger partial charge in [0.2, 0.25) is 0 Å². The topological polar surface area (TPSA) is 87.7 Å². The smallest absolute Gasteiger partial charge is 0.319 e. The molecule has 1 aromatic rings. The van der Waals surface area contributed by atoms with E-state index in [1.165, 1.54) is 7.11 Å². The summed E-state index contributed by atoms with van der Waals surface area (Å²) < 4.78 is 4.98. The summed E-state index contributed by atoms with van der Waals surface area (Å²) in [6, 6.07) is 5.38. The highest BCUT2D eigenvalue weighted by Crippen LogP contribution is 2.15. The minimum atomic E-state index is -0.964. The highest BCUT2D eigenvalue weighted by Gasteiger charge is 2.13. The highest BCUT2D eigenvalue weighted by atomic mass is 16.5. The Balaban J connectivity index is 2.51. The fraction of sp³-hybridized carbons (Fsp3) is 0.429. The van der Waals surface area contributed by atoms with E-state index in [1.807, 2.05) is 32.0 Å². The van der Waals surface area contributed by atoms with Gasteiger partial charge in [0.15, 0.2) is 0 Å². The van der Waals surface area contributed by atoms with Crippen molar-refractivity contribution < 1.29 is 19.4 Å². The number of hydrogen-bond acceptors (Lipinski definition) is 3. The third kappa shape index (κ3) is 5.27. The molecule has 0 radical (unpaired) electrons.